The summed E-state index contributed by atoms with van der Waals surface area (Å²) in [6.45, 7) is -0.812. The topological polar surface area (TPSA) is 49.7 Å². The highest BCUT2D eigenvalue weighted by Gasteiger charge is 2.17. The minimum Gasteiger partial charge on any atom is -0.443 e. The van der Waals surface area contributed by atoms with Gasteiger partial charge in [-0.25, -0.2) is 8.78 Å². The Labute approximate surface area is 192 Å². The van der Waals surface area contributed by atoms with E-state index in [1.807, 2.05) is 48.5 Å². The van der Waals surface area contributed by atoms with Crippen LogP contribution in [0.2, 0.25) is 0 Å². The number of hydrogen-bond acceptors (Lipinski definition) is 3. The second kappa shape index (κ2) is 10.6. The van der Waals surface area contributed by atoms with E-state index in [0.29, 0.717) is 24.1 Å². The van der Waals surface area contributed by atoms with Crippen LogP contribution in [0.3, 0.4) is 0 Å². The lowest BCUT2D eigenvalue weighted by Gasteiger charge is -2.10. The minimum absolute atomic E-state index is 0.336. The summed E-state index contributed by atoms with van der Waals surface area (Å²) in [5.41, 5.74) is 4.64. The summed E-state index contributed by atoms with van der Waals surface area (Å²) < 4.78 is 31.9. The number of benzene rings is 4. The third-order valence-electron chi connectivity index (χ3n) is 5.50. The van der Waals surface area contributed by atoms with Gasteiger partial charge in [-0.15, -0.1) is 0 Å². The van der Waals surface area contributed by atoms with Gasteiger partial charge in [0.25, 0.3) is 0 Å². The van der Waals surface area contributed by atoms with Crippen LogP contribution < -0.4 is 21.9 Å². The van der Waals surface area contributed by atoms with Crippen LogP contribution in [0, 0.1) is 11.6 Å². The zero-order valence-electron chi connectivity index (χ0n) is 17.9. The lowest BCUT2D eigenvalue weighted by Crippen LogP contribution is -2.42. The second-order valence-corrected chi connectivity index (χ2v) is 7.88. The first-order chi connectivity index (χ1) is 16.0. The van der Waals surface area contributed by atoms with Crippen LogP contribution in [-0.4, -0.2) is 23.9 Å². The van der Waals surface area contributed by atoms with Gasteiger partial charge in [-0.2, -0.15) is 0 Å². The smallest absolute Gasteiger partial charge is 0.358 e. The van der Waals surface area contributed by atoms with Crippen molar-refractivity contribution in [2.24, 2.45) is 0 Å². The third-order valence-corrected chi connectivity index (χ3v) is 5.50. The Morgan fingerprint density at radius 2 is 0.758 bits per heavy atom. The molecular weight excluding hydrogens is 420 g/mol. The third kappa shape index (κ3) is 5.96. The highest BCUT2D eigenvalue weighted by atomic mass is 19.1. The van der Waals surface area contributed by atoms with E-state index in [0.717, 1.165) is 22.1 Å². The van der Waals surface area contributed by atoms with Crippen molar-refractivity contribution < 1.29 is 23.6 Å². The molecule has 3 nitrogen and oxygen atoms in total. The number of ether oxygens (including phenoxy) is 1. The second-order valence-electron chi connectivity index (χ2n) is 7.88. The molecule has 0 aliphatic rings. The summed E-state index contributed by atoms with van der Waals surface area (Å²) in [6.07, 6.45) is 0. The highest BCUT2D eigenvalue weighted by Crippen LogP contribution is 2.06. The monoisotopic (exact) mass is 442 g/mol. The Kier molecular flexibility index (Phi) is 7.35. The zero-order chi connectivity index (χ0) is 23.2. The SMILES string of the molecule is OB(c1ccc(F)cc1)c1ccc(COCc2ccc(B(O)c3ccc(F)cc3)cc2)cc1. The van der Waals surface area contributed by atoms with E-state index in [-0.39, 0.29) is 11.6 Å². The minimum atomic E-state index is -0.815. The largest absolute Gasteiger partial charge is 0.443 e. The Hall–Kier alpha value is -3.25. The number of halogens is 2. The molecule has 164 valence electrons. The molecule has 0 heterocycles. The summed E-state index contributed by atoms with van der Waals surface area (Å²) in [4.78, 5) is 0. The van der Waals surface area contributed by atoms with Gasteiger partial charge in [0, 0.05) is 0 Å². The standard InChI is InChI=1S/C26H22B2F2O3/c29-25-13-9-23(10-14-25)27(31)21-5-1-19(2-6-21)17-33-18-20-3-7-22(8-4-20)28(32)24-11-15-26(30)16-12-24/h1-16,31-32H,17-18H2. The molecule has 4 aromatic rings. The summed E-state index contributed by atoms with van der Waals surface area (Å²) >= 11 is 0. The predicted molar refractivity (Wildman–Crippen MR) is 129 cm³/mol. The maximum absolute atomic E-state index is 13.1. The molecule has 0 fully saturated rings. The van der Waals surface area contributed by atoms with Gasteiger partial charge in [0.15, 0.2) is 0 Å². The molecule has 0 spiro atoms. The molecular formula is C26H22B2F2O3. The number of hydrogen-bond donors (Lipinski definition) is 2. The van der Waals surface area contributed by atoms with Gasteiger partial charge in [-0.3, -0.25) is 0 Å². The fraction of sp³-hybridized carbons (Fsp3) is 0.0769. The molecule has 4 aromatic carbocycles. The van der Waals surface area contributed by atoms with Gasteiger partial charge in [-0.05, 0) is 57.2 Å². The quantitative estimate of drug-likeness (QED) is 0.410. The van der Waals surface area contributed by atoms with Crippen molar-refractivity contribution in [2.45, 2.75) is 13.2 Å². The molecule has 0 aliphatic heterocycles. The molecule has 0 saturated carbocycles. The first-order valence-corrected chi connectivity index (χ1v) is 10.6. The van der Waals surface area contributed by atoms with Gasteiger partial charge >= 0.3 is 13.8 Å². The van der Waals surface area contributed by atoms with Gasteiger partial charge < -0.3 is 14.8 Å². The Morgan fingerprint density at radius 1 is 0.485 bits per heavy atom. The predicted octanol–water partition coefficient (Wildman–Crippen LogP) is 1.88. The van der Waals surface area contributed by atoms with Crippen LogP contribution in [0.5, 0.6) is 0 Å². The Bertz CT molecular complexity index is 1070. The molecule has 2 N–H and O–H groups in total. The zero-order valence-corrected chi connectivity index (χ0v) is 17.9. The first kappa shape index (κ1) is 22.9. The van der Waals surface area contributed by atoms with E-state index >= 15 is 0 Å². The fourth-order valence-corrected chi connectivity index (χ4v) is 3.55. The highest BCUT2D eigenvalue weighted by molar-refractivity contribution is 6.79. The lowest BCUT2D eigenvalue weighted by molar-refractivity contribution is 0.107. The van der Waals surface area contributed by atoms with Crippen LogP contribution in [0.4, 0.5) is 8.78 Å². The van der Waals surface area contributed by atoms with E-state index in [1.54, 1.807) is 24.3 Å². The maximum atomic E-state index is 13.1. The van der Waals surface area contributed by atoms with E-state index in [1.165, 1.54) is 24.3 Å². The average Bonchev–Trinajstić information content (AvgIpc) is 2.85. The van der Waals surface area contributed by atoms with E-state index < -0.39 is 13.8 Å². The van der Waals surface area contributed by atoms with E-state index in [9.17, 15) is 18.8 Å². The van der Waals surface area contributed by atoms with Crippen LogP contribution in [0.1, 0.15) is 11.1 Å². The molecule has 0 amide bonds. The van der Waals surface area contributed by atoms with E-state index in [2.05, 4.69) is 0 Å². The molecule has 0 aromatic heterocycles. The molecule has 0 aliphatic carbocycles. The summed E-state index contributed by atoms with van der Waals surface area (Å²) in [5, 5.41) is 20.9. The van der Waals surface area contributed by atoms with Crippen molar-refractivity contribution in [1.82, 2.24) is 0 Å². The summed E-state index contributed by atoms with van der Waals surface area (Å²) in [6, 6.07) is 26.5. The van der Waals surface area contributed by atoms with Gasteiger partial charge in [0.1, 0.15) is 11.6 Å². The van der Waals surface area contributed by atoms with Crippen molar-refractivity contribution >= 4 is 35.7 Å². The normalized spacial score (nSPS) is 10.8. The number of rotatable bonds is 8. The fourth-order valence-electron chi connectivity index (χ4n) is 3.55. The molecule has 0 atom stereocenters. The molecule has 7 heteroatoms. The van der Waals surface area contributed by atoms with Crippen molar-refractivity contribution in [1.29, 1.82) is 0 Å². The Balaban J connectivity index is 1.29. The van der Waals surface area contributed by atoms with Crippen molar-refractivity contribution in [3.63, 3.8) is 0 Å². The summed E-state index contributed by atoms with van der Waals surface area (Å²) in [5.74, 6) is -0.672. The lowest BCUT2D eigenvalue weighted by atomic mass is 9.56. The van der Waals surface area contributed by atoms with Gasteiger partial charge in [0.05, 0.1) is 13.2 Å². The maximum Gasteiger partial charge on any atom is 0.358 e. The molecule has 0 unspecified atom stereocenters. The van der Waals surface area contributed by atoms with Crippen LogP contribution in [0.15, 0.2) is 97.1 Å². The van der Waals surface area contributed by atoms with Crippen molar-refractivity contribution in [2.75, 3.05) is 0 Å². The molecule has 0 radical (unpaired) electrons. The van der Waals surface area contributed by atoms with E-state index in [4.69, 9.17) is 4.74 Å². The average molecular weight is 442 g/mol. The summed E-state index contributed by atoms with van der Waals surface area (Å²) in [7, 11) is 0. The van der Waals surface area contributed by atoms with Gasteiger partial charge in [0.2, 0.25) is 0 Å². The molecule has 33 heavy (non-hydrogen) atoms. The molecule has 0 saturated heterocycles. The van der Waals surface area contributed by atoms with Gasteiger partial charge in [-0.1, -0.05) is 72.8 Å². The Morgan fingerprint density at radius 3 is 1.06 bits per heavy atom. The van der Waals surface area contributed by atoms with Crippen LogP contribution >= 0.6 is 0 Å². The van der Waals surface area contributed by atoms with Crippen LogP contribution in [0.25, 0.3) is 0 Å². The van der Waals surface area contributed by atoms with Crippen molar-refractivity contribution in [3.8, 4) is 0 Å². The van der Waals surface area contributed by atoms with Crippen molar-refractivity contribution in [3.05, 3.63) is 120 Å². The molecule has 4 rings (SSSR count). The van der Waals surface area contributed by atoms with Crippen LogP contribution in [-0.2, 0) is 18.0 Å². The molecule has 0 bridgehead atoms. The first-order valence-electron chi connectivity index (χ1n) is 10.6.